The SMILES string of the molecule is CNc1ncc(Cl)c(NC2CNC(=O)C2)n1. The molecule has 0 saturated carbocycles. The van der Waals surface area contributed by atoms with Gasteiger partial charge in [0.1, 0.15) is 5.02 Å². The highest BCUT2D eigenvalue weighted by Gasteiger charge is 2.22. The van der Waals surface area contributed by atoms with Gasteiger partial charge in [0.2, 0.25) is 11.9 Å². The van der Waals surface area contributed by atoms with Crippen molar-refractivity contribution in [3.63, 3.8) is 0 Å². The van der Waals surface area contributed by atoms with E-state index in [4.69, 9.17) is 11.6 Å². The minimum absolute atomic E-state index is 0.0320. The molecule has 3 N–H and O–H groups in total. The predicted molar refractivity (Wildman–Crippen MR) is 61.6 cm³/mol. The number of halogens is 1. The van der Waals surface area contributed by atoms with Crippen molar-refractivity contribution in [2.45, 2.75) is 12.5 Å². The molecule has 1 atom stereocenters. The Morgan fingerprint density at radius 2 is 2.44 bits per heavy atom. The van der Waals surface area contributed by atoms with Crippen LogP contribution in [0.25, 0.3) is 0 Å². The molecule has 0 radical (unpaired) electrons. The van der Waals surface area contributed by atoms with E-state index < -0.39 is 0 Å². The van der Waals surface area contributed by atoms with Gasteiger partial charge in [-0.2, -0.15) is 4.98 Å². The average molecular weight is 242 g/mol. The summed E-state index contributed by atoms with van der Waals surface area (Å²) in [4.78, 5) is 19.2. The normalized spacial score (nSPS) is 19.4. The van der Waals surface area contributed by atoms with E-state index in [9.17, 15) is 4.79 Å². The van der Waals surface area contributed by atoms with Crippen LogP contribution in [0.2, 0.25) is 5.02 Å². The topological polar surface area (TPSA) is 78.9 Å². The molecule has 0 aromatic carbocycles. The fourth-order valence-electron chi connectivity index (χ4n) is 1.49. The first-order chi connectivity index (χ1) is 7.69. The molecule has 1 aromatic heterocycles. The molecule has 6 nitrogen and oxygen atoms in total. The summed E-state index contributed by atoms with van der Waals surface area (Å²) in [6, 6.07) is 0.0320. The molecule has 1 amide bonds. The Hall–Kier alpha value is -1.56. The molecule has 16 heavy (non-hydrogen) atoms. The number of hydrogen-bond acceptors (Lipinski definition) is 5. The summed E-state index contributed by atoms with van der Waals surface area (Å²) in [6.07, 6.45) is 1.96. The number of rotatable bonds is 3. The number of nitrogens with one attached hydrogen (secondary N) is 3. The smallest absolute Gasteiger partial charge is 0.224 e. The molecule has 1 aliphatic rings. The first-order valence-corrected chi connectivity index (χ1v) is 5.30. The first kappa shape index (κ1) is 10.9. The van der Waals surface area contributed by atoms with E-state index in [1.807, 2.05) is 0 Å². The lowest BCUT2D eigenvalue weighted by atomic mass is 10.2. The zero-order valence-corrected chi connectivity index (χ0v) is 9.51. The van der Waals surface area contributed by atoms with Gasteiger partial charge in [0.05, 0.1) is 12.2 Å². The maximum absolute atomic E-state index is 11.0. The fourth-order valence-corrected chi connectivity index (χ4v) is 1.63. The minimum atomic E-state index is 0.0320. The third kappa shape index (κ3) is 2.33. The molecule has 0 bridgehead atoms. The summed E-state index contributed by atoms with van der Waals surface area (Å²) in [5.74, 6) is 1.07. The summed E-state index contributed by atoms with van der Waals surface area (Å²) in [5.41, 5.74) is 0. The van der Waals surface area contributed by atoms with Gasteiger partial charge in [-0.05, 0) is 0 Å². The summed E-state index contributed by atoms with van der Waals surface area (Å²) in [7, 11) is 1.73. The van der Waals surface area contributed by atoms with E-state index in [1.54, 1.807) is 7.05 Å². The highest BCUT2D eigenvalue weighted by Crippen LogP contribution is 2.21. The number of amides is 1. The van der Waals surface area contributed by atoms with Crippen LogP contribution in [0.15, 0.2) is 6.20 Å². The largest absolute Gasteiger partial charge is 0.364 e. The number of carbonyl (C=O) groups is 1. The zero-order valence-electron chi connectivity index (χ0n) is 8.75. The molecule has 86 valence electrons. The highest BCUT2D eigenvalue weighted by molar-refractivity contribution is 6.32. The monoisotopic (exact) mass is 241 g/mol. The van der Waals surface area contributed by atoms with Crippen LogP contribution in [-0.2, 0) is 4.79 Å². The van der Waals surface area contributed by atoms with Crippen LogP contribution >= 0.6 is 11.6 Å². The number of carbonyl (C=O) groups excluding carboxylic acids is 1. The van der Waals surface area contributed by atoms with Crippen LogP contribution in [0.4, 0.5) is 11.8 Å². The molecule has 1 unspecified atom stereocenters. The Balaban J connectivity index is 2.11. The third-order valence-electron chi connectivity index (χ3n) is 2.29. The molecule has 7 heteroatoms. The third-order valence-corrected chi connectivity index (χ3v) is 2.56. The molecule has 0 aliphatic carbocycles. The summed E-state index contributed by atoms with van der Waals surface area (Å²) in [6.45, 7) is 0.591. The Bertz CT molecular complexity index is 411. The van der Waals surface area contributed by atoms with Gasteiger partial charge in [-0.3, -0.25) is 4.79 Å². The predicted octanol–water partition coefficient (Wildman–Crippen LogP) is 0.472. The molecular weight excluding hydrogens is 230 g/mol. The van der Waals surface area contributed by atoms with Crippen molar-refractivity contribution < 1.29 is 4.79 Å². The van der Waals surface area contributed by atoms with Gasteiger partial charge in [0, 0.05) is 20.0 Å². The second-order valence-electron chi connectivity index (χ2n) is 3.49. The van der Waals surface area contributed by atoms with Gasteiger partial charge < -0.3 is 16.0 Å². The van der Waals surface area contributed by atoms with Crippen LogP contribution in [-0.4, -0.2) is 35.5 Å². The quantitative estimate of drug-likeness (QED) is 0.717. The lowest BCUT2D eigenvalue weighted by Crippen LogP contribution is -2.23. The maximum Gasteiger partial charge on any atom is 0.224 e. The first-order valence-electron chi connectivity index (χ1n) is 4.92. The number of anilines is 2. The van der Waals surface area contributed by atoms with Crippen molar-refractivity contribution in [3.05, 3.63) is 11.2 Å². The van der Waals surface area contributed by atoms with Crippen molar-refractivity contribution in [1.82, 2.24) is 15.3 Å². The van der Waals surface area contributed by atoms with Crippen molar-refractivity contribution >= 4 is 29.3 Å². The van der Waals surface area contributed by atoms with E-state index in [1.165, 1.54) is 6.20 Å². The molecular formula is C9H12ClN5O. The van der Waals surface area contributed by atoms with Crippen molar-refractivity contribution in [3.8, 4) is 0 Å². The van der Waals surface area contributed by atoms with Crippen LogP contribution in [0.1, 0.15) is 6.42 Å². The Morgan fingerprint density at radius 3 is 3.06 bits per heavy atom. The summed E-state index contributed by atoms with van der Waals surface area (Å²) < 4.78 is 0. The minimum Gasteiger partial charge on any atom is -0.364 e. The van der Waals surface area contributed by atoms with Gasteiger partial charge in [-0.15, -0.1) is 0 Å². The maximum atomic E-state index is 11.0. The van der Waals surface area contributed by atoms with Crippen LogP contribution in [0.5, 0.6) is 0 Å². The summed E-state index contributed by atoms with van der Waals surface area (Å²) in [5, 5.41) is 9.11. The van der Waals surface area contributed by atoms with E-state index in [0.29, 0.717) is 29.8 Å². The van der Waals surface area contributed by atoms with Crippen LogP contribution < -0.4 is 16.0 Å². The van der Waals surface area contributed by atoms with Gasteiger partial charge in [-0.1, -0.05) is 11.6 Å². The second-order valence-corrected chi connectivity index (χ2v) is 3.90. The van der Waals surface area contributed by atoms with E-state index in [0.717, 1.165) is 0 Å². The summed E-state index contributed by atoms with van der Waals surface area (Å²) >= 11 is 5.95. The second kappa shape index (κ2) is 4.52. The van der Waals surface area contributed by atoms with Crippen molar-refractivity contribution in [2.75, 3.05) is 24.2 Å². The molecule has 1 saturated heterocycles. The van der Waals surface area contributed by atoms with Crippen molar-refractivity contribution in [2.24, 2.45) is 0 Å². The van der Waals surface area contributed by atoms with Crippen molar-refractivity contribution in [1.29, 1.82) is 0 Å². The number of aromatic nitrogens is 2. The number of nitrogens with zero attached hydrogens (tertiary/aromatic N) is 2. The zero-order chi connectivity index (χ0) is 11.5. The fraction of sp³-hybridized carbons (Fsp3) is 0.444. The van der Waals surface area contributed by atoms with E-state index in [-0.39, 0.29) is 11.9 Å². The average Bonchev–Trinajstić information content (AvgIpc) is 2.67. The van der Waals surface area contributed by atoms with Gasteiger partial charge >= 0.3 is 0 Å². The van der Waals surface area contributed by atoms with E-state index >= 15 is 0 Å². The molecule has 2 heterocycles. The van der Waals surface area contributed by atoms with E-state index in [2.05, 4.69) is 25.9 Å². The van der Waals surface area contributed by atoms with Crippen LogP contribution in [0, 0.1) is 0 Å². The standard InChI is InChI=1S/C9H12ClN5O/c1-11-9-13-4-6(10)8(15-9)14-5-2-7(16)12-3-5/h4-5H,2-3H2,1H3,(H,12,16)(H2,11,13,14,15). The lowest BCUT2D eigenvalue weighted by molar-refractivity contribution is -0.119. The lowest BCUT2D eigenvalue weighted by Gasteiger charge is -2.12. The Kier molecular flexibility index (Phi) is 3.09. The molecule has 1 fully saturated rings. The Morgan fingerprint density at radius 1 is 1.62 bits per heavy atom. The molecule has 1 aromatic rings. The molecule has 1 aliphatic heterocycles. The van der Waals surface area contributed by atoms with Gasteiger partial charge in [0.15, 0.2) is 5.82 Å². The molecule has 0 spiro atoms. The Labute approximate surface area is 97.8 Å². The number of hydrogen-bond donors (Lipinski definition) is 3. The highest BCUT2D eigenvalue weighted by atomic mass is 35.5. The van der Waals surface area contributed by atoms with Gasteiger partial charge in [-0.25, -0.2) is 4.98 Å². The van der Waals surface area contributed by atoms with Crippen LogP contribution in [0.3, 0.4) is 0 Å². The molecule has 2 rings (SSSR count). The van der Waals surface area contributed by atoms with Gasteiger partial charge in [0.25, 0.3) is 0 Å².